The van der Waals surface area contributed by atoms with Crippen molar-refractivity contribution < 1.29 is 9.90 Å². The van der Waals surface area contributed by atoms with Crippen LogP contribution < -0.4 is 5.73 Å². The second-order valence-electron chi connectivity index (χ2n) is 2.40. The number of nitrogens with zero attached hydrogens (tertiary/aromatic N) is 1. The number of carbonyl (C=O) groups is 1. The highest BCUT2D eigenvalue weighted by Gasteiger charge is 2.13. The van der Waals surface area contributed by atoms with Crippen LogP contribution in [0.15, 0.2) is 24.5 Å². The molecule has 4 heteroatoms. The number of aromatic nitrogens is 1. The first kappa shape index (κ1) is 8.83. The van der Waals surface area contributed by atoms with Crippen molar-refractivity contribution in [2.45, 2.75) is 6.04 Å². The van der Waals surface area contributed by atoms with E-state index >= 15 is 0 Å². The first-order chi connectivity index (χ1) is 5.75. The number of hydrogen-bond acceptors (Lipinski definition) is 4. The zero-order valence-electron chi connectivity index (χ0n) is 6.47. The first-order valence-corrected chi connectivity index (χ1v) is 3.56. The van der Waals surface area contributed by atoms with Gasteiger partial charge in [0.15, 0.2) is 5.78 Å². The molecule has 4 nitrogen and oxygen atoms in total. The van der Waals surface area contributed by atoms with Gasteiger partial charge >= 0.3 is 0 Å². The molecule has 1 unspecified atom stereocenters. The molecular formula is C8H10N2O2. The number of hydrogen-bond donors (Lipinski definition) is 2. The molecule has 0 saturated heterocycles. The van der Waals surface area contributed by atoms with Gasteiger partial charge in [-0.3, -0.25) is 9.78 Å². The van der Waals surface area contributed by atoms with Gasteiger partial charge in [0.2, 0.25) is 0 Å². The van der Waals surface area contributed by atoms with Crippen LogP contribution in [0.5, 0.6) is 0 Å². The molecule has 0 bridgehead atoms. The average Bonchev–Trinajstić information content (AvgIpc) is 2.17. The predicted molar refractivity (Wildman–Crippen MR) is 43.6 cm³/mol. The van der Waals surface area contributed by atoms with Crippen molar-refractivity contribution in [3.8, 4) is 0 Å². The fourth-order valence-electron chi connectivity index (χ4n) is 0.805. The molecule has 0 fully saturated rings. The highest BCUT2D eigenvalue weighted by molar-refractivity contribution is 5.99. The van der Waals surface area contributed by atoms with Crippen molar-refractivity contribution in [3.05, 3.63) is 30.1 Å². The van der Waals surface area contributed by atoms with Crippen LogP contribution in [0.4, 0.5) is 0 Å². The minimum Gasteiger partial charge on any atom is -0.394 e. The molecule has 0 aliphatic heterocycles. The van der Waals surface area contributed by atoms with E-state index in [1.165, 1.54) is 6.20 Å². The molecule has 0 amide bonds. The summed E-state index contributed by atoms with van der Waals surface area (Å²) in [6.45, 7) is -0.340. The average molecular weight is 166 g/mol. The van der Waals surface area contributed by atoms with Gasteiger partial charge in [-0.05, 0) is 12.1 Å². The number of pyridine rings is 1. The number of rotatable bonds is 3. The monoisotopic (exact) mass is 166 g/mol. The Hall–Kier alpha value is -1.26. The highest BCUT2D eigenvalue weighted by Crippen LogP contribution is 1.99. The van der Waals surface area contributed by atoms with Crippen LogP contribution in [-0.4, -0.2) is 28.5 Å². The lowest BCUT2D eigenvalue weighted by molar-refractivity contribution is 0.0925. The Morgan fingerprint density at radius 3 is 3.00 bits per heavy atom. The van der Waals surface area contributed by atoms with E-state index < -0.39 is 6.04 Å². The summed E-state index contributed by atoms with van der Waals surface area (Å²) in [6, 6.07) is 2.43. The van der Waals surface area contributed by atoms with Crippen molar-refractivity contribution in [2.24, 2.45) is 5.73 Å². The molecular weight excluding hydrogens is 156 g/mol. The molecule has 1 rings (SSSR count). The summed E-state index contributed by atoms with van der Waals surface area (Å²) in [6.07, 6.45) is 3.00. The zero-order chi connectivity index (χ0) is 8.97. The Labute approximate surface area is 70.0 Å². The Morgan fingerprint density at radius 1 is 1.75 bits per heavy atom. The number of Topliss-reactive ketones (excluding diaryl/α,β-unsaturated/α-hetero) is 1. The van der Waals surface area contributed by atoms with E-state index in [0.29, 0.717) is 5.56 Å². The molecule has 0 radical (unpaired) electrons. The number of nitrogens with two attached hydrogens (primary N) is 1. The largest absolute Gasteiger partial charge is 0.394 e. The Kier molecular flexibility index (Phi) is 2.90. The van der Waals surface area contributed by atoms with Crippen molar-refractivity contribution >= 4 is 5.78 Å². The van der Waals surface area contributed by atoms with Gasteiger partial charge in [-0.15, -0.1) is 0 Å². The van der Waals surface area contributed by atoms with Gasteiger partial charge < -0.3 is 10.8 Å². The van der Waals surface area contributed by atoms with E-state index in [4.69, 9.17) is 10.8 Å². The van der Waals surface area contributed by atoms with Crippen molar-refractivity contribution in [2.75, 3.05) is 6.61 Å². The van der Waals surface area contributed by atoms with Crippen LogP contribution in [0.2, 0.25) is 0 Å². The molecule has 0 saturated carbocycles. The maximum atomic E-state index is 11.3. The van der Waals surface area contributed by atoms with Gasteiger partial charge in [-0.2, -0.15) is 0 Å². The summed E-state index contributed by atoms with van der Waals surface area (Å²) in [7, 11) is 0. The fraction of sp³-hybridized carbons (Fsp3) is 0.250. The summed E-state index contributed by atoms with van der Waals surface area (Å²) in [5.74, 6) is -0.286. The van der Waals surface area contributed by atoms with Gasteiger partial charge in [-0.25, -0.2) is 0 Å². The Balaban J connectivity index is 2.79. The summed E-state index contributed by atoms with van der Waals surface area (Å²) < 4.78 is 0. The summed E-state index contributed by atoms with van der Waals surface area (Å²) in [4.78, 5) is 15.0. The van der Waals surface area contributed by atoms with E-state index in [1.54, 1.807) is 18.3 Å². The van der Waals surface area contributed by atoms with Gasteiger partial charge in [-0.1, -0.05) is 0 Å². The number of carbonyl (C=O) groups excluding carboxylic acids is 1. The van der Waals surface area contributed by atoms with Gasteiger partial charge in [0.1, 0.15) is 0 Å². The van der Waals surface area contributed by atoms with Crippen LogP contribution >= 0.6 is 0 Å². The molecule has 1 aromatic rings. The smallest absolute Gasteiger partial charge is 0.183 e. The first-order valence-electron chi connectivity index (χ1n) is 3.56. The third-order valence-electron chi connectivity index (χ3n) is 1.48. The lowest BCUT2D eigenvalue weighted by Gasteiger charge is -2.05. The third-order valence-corrected chi connectivity index (χ3v) is 1.48. The van der Waals surface area contributed by atoms with Crippen LogP contribution in [0.25, 0.3) is 0 Å². The normalized spacial score (nSPS) is 12.5. The SMILES string of the molecule is NC(CO)C(=O)c1cccnc1. The summed E-state index contributed by atoms with van der Waals surface area (Å²) in [5, 5.41) is 8.60. The Bertz CT molecular complexity index is 261. The van der Waals surface area contributed by atoms with E-state index in [0.717, 1.165) is 0 Å². The van der Waals surface area contributed by atoms with Crippen molar-refractivity contribution in [1.82, 2.24) is 4.98 Å². The maximum absolute atomic E-state index is 11.3. The summed E-state index contributed by atoms with van der Waals surface area (Å²) >= 11 is 0. The predicted octanol–water partition coefficient (Wildman–Crippen LogP) is -0.416. The summed E-state index contributed by atoms with van der Waals surface area (Å²) in [5.41, 5.74) is 5.75. The molecule has 0 aromatic carbocycles. The van der Waals surface area contributed by atoms with E-state index in [2.05, 4.69) is 4.98 Å². The minimum atomic E-state index is -0.839. The van der Waals surface area contributed by atoms with E-state index in [9.17, 15) is 4.79 Å². The van der Waals surface area contributed by atoms with Gasteiger partial charge in [0.25, 0.3) is 0 Å². The molecule has 0 aliphatic rings. The second kappa shape index (κ2) is 3.94. The molecule has 0 aliphatic carbocycles. The lowest BCUT2D eigenvalue weighted by Crippen LogP contribution is -2.34. The molecule has 3 N–H and O–H groups in total. The Morgan fingerprint density at radius 2 is 2.50 bits per heavy atom. The molecule has 12 heavy (non-hydrogen) atoms. The van der Waals surface area contributed by atoms with E-state index in [-0.39, 0.29) is 12.4 Å². The highest BCUT2D eigenvalue weighted by atomic mass is 16.3. The van der Waals surface area contributed by atoms with E-state index in [1.807, 2.05) is 0 Å². The maximum Gasteiger partial charge on any atom is 0.183 e. The molecule has 1 aromatic heterocycles. The topological polar surface area (TPSA) is 76.2 Å². The zero-order valence-corrected chi connectivity index (χ0v) is 6.47. The molecule has 1 atom stereocenters. The number of aliphatic hydroxyl groups is 1. The third kappa shape index (κ3) is 1.87. The molecule has 64 valence electrons. The van der Waals surface area contributed by atoms with Crippen molar-refractivity contribution in [3.63, 3.8) is 0 Å². The fourth-order valence-corrected chi connectivity index (χ4v) is 0.805. The standard InChI is InChI=1S/C8H10N2O2/c9-7(5-11)8(12)6-2-1-3-10-4-6/h1-4,7,11H,5,9H2. The van der Waals surface area contributed by atoms with Crippen LogP contribution in [-0.2, 0) is 0 Å². The van der Waals surface area contributed by atoms with Crippen LogP contribution in [0.3, 0.4) is 0 Å². The van der Waals surface area contributed by atoms with Gasteiger partial charge in [0, 0.05) is 18.0 Å². The second-order valence-corrected chi connectivity index (χ2v) is 2.40. The molecule has 1 heterocycles. The number of aliphatic hydroxyl groups excluding tert-OH is 1. The van der Waals surface area contributed by atoms with Crippen LogP contribution in [0, 0.1) is 0 Å². The quantitative estimate of drug-likeness (QED) is 0.598. The minimum absolute atomic E-state index is 0.286. The number of ketones is 1. The van der Waals surface area contributed by atoms with Crippen LogP contribution in [0.1, 0.15) is 10.4 Å². The lowest BCUT2D eigenvalue weighted by atomic mass is 10.1. The van der Waals surface area contributed by atoms with Crippen molar-refractivity contribution in [1.29, 1.82) is 0 Å². The van der Waals surface area contributed by atoms with Gasteiger partial charge in [0.05, 0.1) is 12.6 Å². The molecule has 0 spiro atoms.